The third-order valence-corrected chi connectivity index (χ3v) is 11.2. The Hall–Kier alpha value is -3.73. The quantitative estimate of drug-likeness (QED) is 0.409. The number of hydrogen-bond acceptors (Lipinski definition) is 6. The van der Waals surface area contributed by atoms with E-state index in [1.807, 2.05) is 44.2 Å². The minimum Gasteiger partial charge on any atom is -0.361 e. The number of H-pyrrole nitrogens is 1. The molecule has 8 rings (SSSR count). The Morgan fingerprint density at radius 1 is 1.16 bits per heavy atom. The number of aliphatic hydroxyl groups is 1. The van der Waals surface area contributed by atoms with Gasteiger partial charge < -0.3 is 25.2 Å². The Bertz CT molecular complexity index is 1690. The molecule has 3 N–H and O–H groups in total. The van der Waals surface area contributed by atoms with Crippen LogP contribution < -0.4 is 5.32 Å². The Labute approximate surface area is 262 Å². The molecule has 4 fully saturated rings. The number of aromatic nitrogens is 1. The lowest BCUT2D eigenvalue weighted by atomic mass is 9.72. The van der Waals surface area contributed by atoms with Crippen molar-refractivity contribution in [2.75, 3.05) is 20.1 Å². The number of rotatable bonds is 5. The molecule has 45 heavy (non-hydrogen) atoms. The summed E-state index contributed by atoms with van der Waals surface area (Å²) in [5.41, 5.74) is 2.75. The summed E-state index contributed by atoms with van der Waals surface area (Å²) in [7, 11) is 2.07. The summed E-state index contributed by atoms with van der Waals surface area (Å²) < 4.78 is 6.51. The molecule has 5 heterocycles. The lowest BCUT2D eigenvalue weighted by molar-refractivity contribution is -0.321. The molecule has 0 bridgehead atoms. The average molecular weight is 612 g/mol. The number of fused-ring (bicyclic) bond motifs is 5. The number of nitrogens with zero attached hydrogens (tertiary/aromatic N) is 3. The van der Waals surface area contributed by atoms with E-state index in [9.17, 15) is 19.5 Å². The van der Waals surface area contributed by atoms with Gasteiger partial charge in [-0.1, -0.05) is 56.3 Å². The molecule has 1 aliphatic carbocycles. The van der Waals surface area contributed by atoms with E-state index in [0.29, 0.717) is 32.4 Å². The highest BCUT2D eigenvalue weighted by Crippen LogP contribution is 2.49. The molecule has 0 radical (unpaired) electrons. The van der Waals surface area contributed by atoms with E-state index in [0.717, 1.165) is 17.5 Å². The standard InChI is InChI=1S/C35H41N5O5/c1-20(2)34(37-31(41)23-16-25-24-11-7-12-26-30(24)22(18-36-26)17-27(25)38(3)19-23)33(43)40-28(15-21-9-5-4-6-10-21)32(42)39-14-8-13-29(39)35(40,44)45-34/h4-7,9-12,18,20,23,25,27-29,36,44H,8,13-17,19H2,1-3H3,(H,37,41)/t23-,25-,27-,28?,29+,34-,35-/m1/s1. The molecular weight excluding hydrogens is 570 g/mol. The molecule has 3 aromatic rings. The Balaban J connectivity index is 1.12. The first-order valence-electron chi connectivity index (χ1n) is 16.3. The molecular formula is C35H41N5O5. The second kappa shape index (κ2) is 10.1. The van der Waals surface area contributed by atoms with Gasteiger partial charge in [-0.2, -0.15) is 0 Å². The average Bonchev–Trinajstić information content (AvgIpc) is 3.74. The van der Waals surface area contributed by atoms with Crippen LogP contribution in [-0.4, -0.2) is 92.4 Å². The number of piperidine rings is 1. The predicted octanol–water partition coefficient (Wildman–Crippen LogP) is 2.72. The molecule has 236 valence electrons. The third kappa shape index (κ3) is 4.08. The molecule has 10 heteroatoms. The zero-order valence-corrected chi connectivity index (χ0v) is 26.0. The number of carbonyl (C=O) groups excluding carboxylic acids is 3. The molecule has 3 amide bonds. The lowest BCUT2D eigenvalue weighted by Gasteiger charge is -2.48. The van der Waals surface area contributed by atoms with E-state index in [4.69, 9.17) is 4.74 Å². The molecule has 1 unspecified atom stereocenters. The van der Waals surface area contributed by atoms with Crippen molar-refractivity contribution >= 4 is 28.6 Å². The third-order valence-electron chi connectivity index (χ3n) is 11.2. The molecule has 10 nitrogen and oxygen atoms in total. The Kier molecular flexibility index (Phi) is 6.47. The molecule has 5 aliphatic rings. The van der Waals surface area contributed by atoms with Crippen molar-refractivity contribution in [2.45, 2.75) is 81.6 Å². The maximum Gasteiger partial charge on any atom is 0.281 e. The molecule has 0 saturated carbocycles. The molecule has 2 aromatic carbocycles. The summed E-state index contributed by atoms with van der Waals surface area (Å²) in [5, 5.41) is 16.6. The van der Waals surface area contributed by atoms with Crippen molar-refractivity contribution in [3.8, 4) is 0 Å². The maximum atomic E-state index is 14.6. The van der Waals surface area contributed by atoms with Crippen LogP contribution in [0.5, 0.6) is 0 Å². The number of hydrogen-bond donors (Lipinski definition) is 3. The number of nitrogens with one attached hydrogen (secondary N) is 2. The summed E-state index contributed by atoms with van der Waals surface area (Å²) in [6, 6.07) is 14.5. The van der Waals surface area contributed by atoms with Gasteiger partial charge in [-0.3, -0.25) is 24.0 Å². The summed E-state index contributed by atoms with van der Waals surface area (Å²) in [6.07, 6.45) is 5.12. The van der Waals surface area contributed by atoms with E-state index >= 15 is 0 Å². The van der Waals surface area contributed by atoms with Crippen molar-refractivity contribution in [2.24, 2.45) is 11.8 Å². The van der Waals surface area contributed by atoms with Crippen molar-refractivity contribution in [3.05, 3.63) is 71.4 Å². The summed E-state index contributed by atoms with van der Waals surface area (Å²) in [5.74, 6) is -3.80. The Morgan fingerprint density at radius 3 is 2.73 bits per heavy atom. The van der Waals surface area contributed by atoms with Crippen molar-refractivity contribution < 1.29 is 24.2 Å². The predicted molar refractivity (Wildman–Crippen MR) is 167 cm³/mol. The second-order valence-corrected chi connectivity index (χ2v) is 14.0. The van der Waals surface area contributed by atoms with E-state index < -0.39 is 41.5 Å². The number of ether oxygens (including phenoxy) is 1. The highest BCUT2D eigenvalue weighted by atomic mass is 16.7. The van der Waals surface area contributed by atoms with Gasteiger partial charge in [0.25, 0.3) is 11.8 Å². The zero-order valence-electron chi connectivity index (χ0n) is 26.0. The van der Waals surface area contributed by atoms with Gasteiger partial charge in [0.05, 0.1) is 5.92 Å². The van der Waals surface area contributed by atoms with Gasteiger partial charge in [0.15, 0.2) is 0 Å². The van der Waals surface area contributed by atoms with Crippen LogP contribution in [0.4, 0.5) is 0 Å². The smallest absolute Gasteiger partial charge is 0.281 e. The normalized spacial score (nSPS) is 34.3. The largest absolute Gasteiger partial charge is 0.361 e. The minimum absolute atomic E-state index is 0.164. The van der Waals surface area contributed by atoms with Gasteiger partial charge >= 0.3 is 0 Å². The van der Waals surface area contributed by atoms with Gasteiger partial charge in [0.2, 0.25) is 17.5 Å². The van der Waals surface area contributed by atoms with Crippen LogP contribution in [0.2, 0.25) is 0 Å². The lowest BCUT2D eigenvalue weighted by Crippen LogP contribution is -2.71. The SMILES string of the molecule is CC(C)[C@@]1(NC(=O)[C@@H]2C[C@@H]3c4cccc5[nH]cc(c45)C[C@H]3N(C)C2)O[C@]2(O)[C@@H]3CCCN3C(=O)C(Cc3ccccc3)N2C1=O. The van der Waals surface area contributed by atoms with Crippen LogP contribution in [-0.2, 0) is 32.0 Å². The highest BCUT2D eigenvalue weighted by Gasteiger charge is 2.72. The van der Waals surface area contributed by atoms with E-state index in [-0.39, 0.29) is 30.2 Å². The van der Waals surface area contributed by atoms with Gasteiger partial charge in [-0.25, -0.2) is 0 Å². The Morgan fingerprint density at radius 2 is 1.96 bits per heavy atom. The van der Waals surface area contributed by atoms with Gasteiger partial charge in [-0.05, 0) is 55.5 Å². The van der Waals surface area contributed by atoms with Crippen LogP contribution in [0.15, 0.2) is 54.7 Å². The van der Waals surface area contributed by atoms with E-state index in [1.54, 1.807) is 4.90 Å². The minimum atomic E-state index is -2.04. The number of likely N-dealkylation sites (tertiary alicyclic amines) is 1. The number of carbonyl (C=O) groups is 3. The number of amides is 3. The summed E-state index contributed by atoms with van der Waals surface area (Å²) >= 11 is 0. The first kappa shape index (κ1) is 28.7. The van der Waals surface area contributed by atoms with Crippen LogP contribution >= 0.6 is 0 Å². The van der Waals surface area contributed by atoms with E-state index in [1.165, 1.54) is 21.4 Å². The number of piperazine rings is 1. The van der Waals surface area contributed by atoms with Crippen LogP contribution in [0.3, 0.4) is 0 Å². The fraction of sp³-hybridized carbons (Fsp3) is 0.514. The molecule has 4 saturated heterocycles. The fourth-order valence-corrected chi connectivity index (χ4v) is 8.99. The first-order chi connectivity index (χ1) is 21.6. The van der Waals surface area contributed by atoms with Crippen LogP contribution in [0.1, 0.15) is 55.7 Å². The van der Waals surface area contributed by atoms with Crippen molar-refractivity contribution in [1.29, 1.82) is 0 Å². The monoisotopic (exact) mass is 611 g/mol. The second-order valence-electron chi connectivity index (χ2n) is 14.0. The first-order valence-corrected chi connectivity index (χ1v) is 16.3. The summed E-state index contributed by atoms with van der Waals surface area (Å²) in [6.45, 7) is 4.68. The van der Waals surface area contributed by atoms with E-state index in [2.05, 4.69) is 46.6 Å². The van der Waals surface area contributed by atoms with Gasteiger partial charge in [0, 0.05) is 54.5 Å². The number of likely N-dealkylation sites (N-methyl/N-ethyl adjacent to an activating group) is 1. The zero-order chi connectivity index (χ0) is 31.2. The summed E-state index contributed by atoms with van der Waals surface area (Å²) in [4.78, 5) is 51.4. The topological polar surface area (TPSA) is 118 Å². The van der Waals surface area contributed by atoms with Crippen LogP contribution in [0.25, 0.3) is 10.9 Å². The molecule has 7 atom stereocenters. The maximum absolute atomic E-state index is 14.6. The highest BCUT2D eigenvalue weighted by molar-refractivity contribution is 5.98. The van der Waals surface area contributed by atoms with Gasteiger partial charge in [-0.15, -0.1) is 0 Å². The van der Waals surface area contributed by atoms with Crippen molar-refractivity contribution in [3.63, 3.8) is 0 Å². The van der Waals surface area contributed by atoms with Gasteiger partial charge in [0.1, 0.15) is 12.1 Å². The molecule has 1 aromatic heterocycles. The fourth-order valence-electron chi connectivity index (χ4n) is 8.99. The molecule has 4 aliphatic heterocycles. The number of benzene rings is 2. The molecule has 0 spiro atoms. The number of aromatic amines is 1. The van der Waals surface area contributed by atoms with Crippen molar-refractivity contribution in [1.82, 2.24) is 25.0 Å². The van der Waals surface area contributed by atoms with Crippen LogP contribution in [0, 0.1) is 11.8 Å².